The largest absolute Gasteiger partial charge is 0.460 e. The van der Waals surface area contributed by atoms with E-state index in [1.165, 1.54) is 0 Å². The number of nitrogens with zero attached hydrogens (tertiary/aromatic N) is 3. The number of hydrogen-bond donors (Lipinski definition) is 0. The van der Waals surface area contributed by atoms with Crippen molar-refractivity contribution < 1.29 is 14.3 Å². The van der Waals surface area contributed by atoms with Gasteiger partial charge in [0.2, 0.25) is 0 Å². The van der Waals surface area contributed by atoms with Gasteiger partial charge in [-0.2, -0.15) is 0 Å². The summed E-state index contributed by atoms with van der Waals surface area (Å²) in [6, 6.07) is 18.1. The minimum absolute atomic E-state index is 0.0253. The van der Waals surface area contributed by atoms with Crippen LogP contribution in [0.5, 0.6) is 6.01 Å². The Morgan fingerprint density at radius 3 is 2.14 bits per heavy atom. The molecule has 2 heterocycles. The van der Waals surface area contributed by atoms with Gasteiger partial charge in [0, 0.05) is 49.5 Å². The molecule has 6 heteroatoms. The smallest absolute Gasteiger partial charge is 0.316 e. The predicted molar refractivity (Wildman–Crippen MR) is 108 cm³/mol. The fourth-order valence-electron chi connectivity index (χ4n) is 3.46. The van der Waals surface area contributed by atoms with Gasteiger partial charge in [-0.15, -0.1) is 0 Å². The van der Waals surface area contributed by atoms with Gasteiger partial charge < -0.3 is 9.64 Å². The molecule has 6 nitrogen and oxygen atoms in total. The third kappa shape index (κ3) is 4.32. The van der Waals surface area contributed by atoms with Crippen LogP contribution in [0.1, 0.15) is 39.1 Å². The van der Waals surface area contributed by atoms with Gasteiger partial charge in [0.1, 0.15) is 6.10 Å². The van der Waals surface area contributed by atoms with Gasteiger partial charge in [0.05, 0.1) is 5.56 Å². The van der Waals surface area contributed by atoms with Crippen LogP contribution in [0.15, 0.2) is 73.1 Å². The number of hydrogen-bond acceptors (Lipinski definition) is 5. The zero-order valence-electron chi connectivity index (χ0n) is 15.9. The lowest BCUT2D eigenvalue weighted by molar-refractivity contribution is 0.0576. The van der Waals surface area contributed by atoms with Crippen molar-refractivity contribution >= 4 is 11.7 Å². The maximum atomic E-state index is 13.1. The number of ketones is 1. The Kier molecular flexibility index (Phi) is 5.61. The molecule has 0 radical (unpaired) electrons. The molecule has 1 saturated heterocycles. The molecular weight excluding hydrogens is 366 g/mol. The van der Waals surface area contributed by atoms with E-state index >= 15 is 0 Å². The second kappa shape index (κ2) is 8.65. The first-order chi connectivity index (χ1) is 14.2. The highest BCUT2D eigenvalue weighted by molar-refractivity contribution is 6.15. The Morgan fingerprint density at radius 2 is 1.45 bits per heavy atom. The van der Waals surface area contributed by atoms with E-state index < -0.39 is 0 Å². The molecule has 29 heavy (non-hydrogen) atoms. The van der Waals surface area contributed by atoms with Gasteiger partial charge in [-0.1, -0.05) is 48.5 Å². The standard InChI is InChI=1S/C23H21N3O3/c27-21(17-7-2-1-3-8-17)19-9-4-5-10-20(19)22(28)26-15-11-18(12-16-26)29-23-24-13-6-14-25-23/h1-10,13-14,18H,11-12,15-16H2. The monoisotopic (exact) mass is 387 g/mol. The summed E-state index contributed by atoms with van der Waals surface area (Å²) >= 11 is 0. The molecule has 1 aromatic heterocycles. The molecule has 0 unspecified atom stereocenters. The number of carbonyl (C=O) groups excluding carboxylic acids is 2. The van der Waals surface area contributed by atoms with E-state index in [0.29, 0.717) is 48.6 Å². The van der Waals surface area contributed by atoms with E-state index in [4.69, 9.17) is 4.74 Å². The first-order valence-electron chi connectivity index (χ1n) is 9.64. The molecule has 146 valence electrons. The van der Waals surface area contributed by atoms with E-state index in [1.807, 2.05) is 18.2 Å². The van der Waals surface area contributed by atoms with E-state index in [0.717, 1.165) is 0 Å². The maximum absolute atomic E-state index is 13.1. The lowest BCUT2D eigenvalue weighted by atomic mass is 9.97. The molecule has 0 saturated carbocycles. The summed E-state index contributed by atoms with van der Waals surface area (Å²) in [6.07, 6.45) is 4.64. The summed E-state index contributed by atoms with van der Waals surface area (Å²) in [5.41, 5.74) is 1.44. The van der Waals surface area contributed by atoms with Crippen molar-refractivity contribution in [2.75, 3.05) is 13.1 Å². The fraction of sp³-hybridized carbons (Fsp3) is 0.217. The van der Waals surface area contributed by atoms with Crippen molar-refractivity contribution in [3.8, 4) is 6.01 Å². The number of carbonyl (C=O) groups is 2. The molecule has 1 aliphatic heterocycles. The van der Waals surface area contributed by atoms with Crippen molar-refractivity contribution in [2.24, 2.45) is 0 Å². The van der Waals surface area contributed by atoms with Gasteiger partial charge in [-0.3, -0.25) is 9.59 Å². The molecule has 1 aliphatic rings. The Morgan fingerprint density at radius 1 is 0.828 bits per heavy atom. The molecule has 1 amide bonds. The molecule has 1 fully saturated rings. The van der Waals surface area contributed by atoms with Crippen LogP contribution in [0.2, 0.25) is 0 Å². The second-order valence-corrected chi connectivity index (χ2v) is 6.88. The average Bonchev–Trinajstić information content (AvgIpc) is 2.80. The fourth-order valence-corrected chi connectivity index (χ4v) is 3.46. The van der Waals surface area contributed by atoms with Crippen molar-refractivity contribution in [3.05, 3.63) is 89.7 Å². The van der Waals surface area contributed by atoms with Crippen LogP contribution >= 0.6 is 0 Å². The highest BCUT2D eigenvalue weighted by Gasteiger charge is 2.27. The zero-order valence-corrected chi connectivity index (χ0v) is 15.9. The van der Waals surface area contributed by atoms with E-state index in [2.05, 4.69) is 9.97 Å². The molecule has 0 N–H and O–H groups in total. The van der Waals surface area contributed by atoms with Crippen LogP contribution in [0.25, 0.3) is 0 Å². The van der Waals surface area contributed by atoms with Crippen molar-refractivity contribution in [1.82, 2.24) is 14.9 Å². The van der Waals surface area contributed by atoms with Gasteiger partial charge in [0.25, 0.3) is 5.91 Å². The van der Waals surface area contributed by atoms with Crippen molar-refractivity contribution in [1.29, 1.82) is 0 Å². The summed E-state index contributed by atoms with van der Waals surface area (Å²) in [5.74, 6) is -0.270. The van der Waals surface area contributed by atoms with E-state index in [-0.39, 0.29) is 17.8 Å². The van der Waals surface area contributed by atoms with E-state index in [9.17, 15) is 9.59 Å². The summed E-state index contributed by atoms with van der Waals surface area (Å²) in [4.78, 5) is 36.0. The first-order valence-corrected chi connectivity index (χ1v) is 9.64. The highest BCUT2D eigenvalue weighted by atomic mass is 16.5. The Bertz CT molecular complexity index is 985. The number of aromatic nitrogens is 2. The van der Waals surface area contributed by atoms with Crippen molar-refractivity contribution in [2.45, 2.75) is 18.9 Å². The summed E-state index contributed by atoms with van der Waals surface area (Å²) in [5, 5.41) is 0. The first kappa shape index (κ1) is 18.8. The minimum Gasteiger partial charge on any atom is -0.460 e. The Balaban J connectivity index is 1.45. The Hall–Kier alpha value is -3.54. The van der Waals surface area contributed by atoms with E-state index in [1.54, 1.807) is 59.8 Å². The summed E-state index contributed by atoms with van der Waals surface area (Å²) in [7, 11) is 0. The quantitative estimate of drug-likeness (QED) is 0.628. The van der Waals surface area contributed by atoms with Gasteiger partial charge in [-0.25, -0.2) is 9.97 Å². The van der Waals surface area contributed by atoms with Crippen LogP contribution in [-0.2, 0) is 0 Å². The van der Waals surface area contributed by atoms with Crippen LogP contribution in [0, 0.1) is 0 Å². The van der Waals surface area contributed by atoms with Crippen LogP contribution < -0.4 is 4.74 Å². The minimum atomic E-state index is -0.144. The molecule has 2 aromatic carbocycles. The third-order valence-electron chi connectivity index (χ3n) is 4.98. The Labute approximate surface area is 169 Å². The lowest BCUT2D eigenvalue weighted by Gasteiger charge is -2.32. The number of amides is 1. The maximum Gasteiger partial charge on any atom is 0.316 e. The molecule has 4 rings (SSSR count). The zero-order chi connectivity index (χ0) is 20.1. The number of rotatable bonds is 5. The van der Waals surface area contributed by atoms with Gasteiger partial charge in [0.15, 0.2) is 5.78 Å². The molecule has 0 spiro atoms. The summed E-state index contributed by atoms with van der Waals surface area (Å²) < 4.78 is 5.79. The third-order valence-corrected chi connectivity index (χ3v) is 4.98. The van der Waals surface area contributed by atoms with Crippen molar-refractivity contribution in [3.63, 3.8) is 0 Å². The van der Waals surface area contributed by atoms with Gasteiger partial charge >= 0.3 is 6.01 Å². The van der Waals surface area contributed by atoms with Crippen LogP contribution in [-0.4, -0.2) is 45.8 Å². The lowest BCUT2D eigenvalue weighted by Crippen LogP contribution is -2.42. The average molecular weight is 387 g/mol. The molecule has 3 aromatic rings. The number of ether oxygens (including phenoxy) is 1. The number of benzene rings is 2. The number of likely N-dealkylation sites (tertiary alicyclic amines) is 1. The molecule has 0 aliphatic carbocycles. The number of piperidine rings is 1. The second-order valence-electron chi connectivity index (χ2n) is 6.88. The SMILES string of the molecule is O=C(c1ccccc1)c1ccccc1C(=O)N1CCC(Oc2ncccn2)CC1. The molecule has 0 bridgehead atoms. The predicted octanol–water partition coefficient (Wildman–Crippen LogP) is 3.39. The van der Waals surface area contributed by atoms with Crippen LogP contribution in [0.3, 0.4) is 0 Å². The summed E-state index contributed by atoms with van der Waals surface area (Å²) in [6.45, 7) is 1.12. The molecule has 0 atom stereocenters. The molecular formula is C23H21N3O3. The van der Waals surface area contributed by atoms with Crippen LogP contribution in [0.4, 0.5) is 0 Å². The topological polar surface area (TPSA) is 72.4 Å². The normalized spacial score (nSPS) is 14.4. The van der Waals surface area contributed by atoms with Gasteiger partial charge in [-0.05, 0) is 12.1 Å². The highest BCUT2D eigenvalue weighted by Crippen LogP contribution is 2.21.